The van der Waals surface area contributed by atoms with E-state index in [9.17, 15) is 0 Å². The summed E-state index contributed by atoms with van der Waals surface area (Å²) in [6, 6.07) is 14.8. The monoisotopic (exact) mass is 333 g/mol. The van der Waals surface area contributed by atoms with Crippen molar-refractivity contribution in [1.29, 1.82) is 0 Å². The van der Waals surface area contributed by atoms with Gasteiger partial charge >= 0.3 is 0 Å². The molecule has 0 aromatic heterocycles. The van der Waals surface area contributed by atoms with Crippen molar-refractivity contribution >= 4 is 21.6 Å². The highest BCUT2D eigenvalue weighted by atomic mass is 79.9. The number of methoxy groups -OCH3 is 1. The van der Waals surface area contributed by atoms with Crippen LogP contribution >= 0.6 is 15.9 Å². The normalized spacial score (nSPS) is 12.0. The summed E-state index contributed by atoms with van der Waals surface area (Å²) in [6.07, 6.45) is 0.921. The first kappa shape index (κ1) is 14.9. The van der Waals surface area contributed by atoms with Gasteiger partial charge in [0.05, 0.1) is 7.11 Å². The quantitative estimate of drug-likeness (QED) is 0.847. The minimum Gasteiger partial charge on any atom is -0.496 e. The second-order valence-corrected chi connectivity index (χ2v) is 5.90. The lowest BCUT2D eigenvalue weighted by Crippen LogP contribution is -2.18. The Hall–Kier alpha value is -1.48. The summed E-state index contributed by atoms with van der Waals surface area (Å²) < 4.78 is 6.50. The Morgan fingerprint density at radius 2 is 1.95 bits per heavy atom. The lowest BCUT2D eigenvalue weighted by molar-refractivity contribution is 0.409. The molecular formula is C17H20BrNO. The van der Waals surface area contributed by atoms with E-state index >= 15 is 0 Å². The Bertz CT molecular complexity index is 583. The average Bonchev–Trinajstić information content (AvgIpc) is 2.42. The Balaban J connectivity index is 2.07. The molecule has 2 aromatic carbocycles. The van der Waals surface area contributed by atoms with Crippen molar-refractivity contribution in [2.75, 3.05) is 12.4 Å². The molecule has 0 radical (unpaired) electrons. The van der Waals surface area contributed by atoms with Crippen molar-refractivity contribution in [1.82, 2.24) is 0 Å². The van der Waals surface area contributed by atoms with Gasteiger partial charge in [-0.1, -0.05) is 24.3 Å². The number of nitrogens with one attached hydrogen (secondary N) is 1. The highest BCUT2D eigenvalue weighted by molar-refractivity contribution is 9.10. The van der Waals surface area contributed by atoms with Crippen LogP contribution in [0.2, 0.25) is 0 Å². The standard InChI is InChI=1S/C17H20BrNO/c1-12-8-9-16(15(18)10-12)19-13(2)11-14-6-4-5-7-17(14)20-3/h4-10,13,19H,11H2,1-3H3. The second-order valence-electron chi connectivity index (χ2n) is 5.04. The summed E-state index contributed by atoms with van der Waals surface area (Å²) in [5, 5.41) is 3.53. The fraction of sp³-hybridized carbons (Fsp3) is 0.294. The van der Waals surface area contributed by atoms with Gasteiger partial charge in [-0.05, 0) is 65.5 Å². The first-order valence-electron chi connectivity index (χ1n) is 6.74. The largest absolute Gasteiger partial charge is 0.496 e. The number of anilines is 1. The average molecular weight is 334 g/mol. The summed E-state index contributed by atoms with van der Waals surface area (Å²) in [5.41, 5.74) is 3.59. The molecule has 0 amide bonds. The maximum absolute atomic E-state index is 5.40. The molecule has 0 heterocycles. The van der Waals surface area contributed by atoms with Gasteiger partial charge in [0.1, 0.15) is 5.75 Å². The van der Waals surface area contributed by atoms with Crippen molar-refractivity contribution in [3.63, 3.8) is 0 Å². The summed E-state index contributed by atoms with van der Waals surface area (Å²) in [4.78, 5) is 0. The van der Waals surface area contributed by atoms with Crippen molar-refractivity contribution in [3.8, 4) is 5.75 Å². The van der Waals surface area contributed by atoms with Gasteiger partial charge in [0.2, 0.25) is 0 Å². The summed E-state index contributed by atoms with van der Waals surface area (Å²) in [5.74, 6) is 0.948. The molecule has 2 rings (SSSR count). The molecule has 0 aliphatic heterocycles. The van der Waals surface area contributed by atoms with E-state index in [4.69, 9.17) is 4.74 Å². The first-order valence-corrected chi connectivity index (χ1v) is 7.54. The van der Waals surface area contributed by atoms with Crippen molar-refractivity contribution in [2.24, 2.45) is 0 Å². The molecule has 20 heavy (non-hydrogen) atoms. The number of hydrogen-bond acceptors (Lipinski definition) is 2. The van der Waals surface area contributed by atoms with Crippen LogP contribution in [-0.2, 0) is 6.42 Å². The van der Waals surface area contributed by atoms with Gasteiger partial charge in [-0.25, -0.2) is 0 Å². The predicted molar refractivity (Wildman–Crippen MR) is 88.7 cm³/mol. The van der Waals surface area contributed by atoms with Gasteiger partial charge in [-0.15, -0.1) is 0 Å². The molecule has 1 atom stereocenters. The van der Waals surface area contributed by atoms with E-state index in [0.29, 0.717) is 6.04 Å². The summed E-state index contributed by atoms with van der Waals surface area (Å²) in [7, 11) is 1.72. The predicted octanol–water partition coefficient (Wildman–Crippen LogP) is 4.81. The maximum atomic E-state index is 5.40. The van der Waals surface area contributed by atoms with Gasteiger partial charge in [0.15, 0.2) is 0 Å². The first-order chi connectivity index (χ1) is 9.60. The van der Waals surface area contributed by atoms with E-state index in [-0.39, 0.29) is 0 Å². The van der Waals surface area contributed by atoms with E-state index in [2.05, 4.69) is 59.4 Å². The van der Waals surface area contributed by atoms with Crippen LogP contribution in [-0.4, -0.2) is 13.2 Å². The fourth-order valence-corrected chi connectivity index (χ4v) is 2.86. The van der Waals surface area contributed by atoms with Crippen LogP contribution in [0.1, 0.15) is 18.1 Å². The zero-order chi connectivity index (χ0) is 14.5. The SMILES string of the molecule is COc1ccccc1CC(C)Nc1ccc(C)cc1Br. The molecule has 0 bridgehead atoms. The molecule has 106 valence electrons. The Morgan fingerprint density at radius 1 is 1.20 bits per heavy atom. The summed E-state index contributed by atoms with van der Waals surface area (Å²) >= 11 is 3.60. The van der Waals surface area contributed by atoms with Crippen LogP contribution < -0.4 is 10.1 Å². The number of benzene rings is 2. The van der Waals surface area contributed by atoms with Gasteiger partial charge in [-0.3, -0.25) is 0 Å². The number of aryl methyl sites for hydroxylation is 1. The third-order valence-electron chi connectivity index (χ3n) is 3.25. The van der Waals surface area contributed by atoms with Gasteiger partial charge in [0, 0.05) is 16.2 Å². The number of para-hydroxylation sites is 1. The lowest BCUT2D eigenvalue weighted by atomic mass is 10.1. The van der Waals surface area contributed by atoms with Crippen molar-refractivity contribution < 1.29 is 4.74 Å². The van der Waals surface area contributed by atoms with Crippen LogP contribution in [0.4, 0.5) is 5.69 Å². The molecule has 0 saturated carbocycles. The molecule has 3 heteroatoms. The Labute approximate surface area is 129 Å². The third-order valence-corrected chi connectivity index (χ3v) is 3.90. The fourth-order valence-electron chi connectivity index (χ4n) is 2.26. The minimum atomic E-state index is 0.324. The Kier molecular flexibility index (Phi) is 5.07. The molecule has 0 spiro atoms. The zero-order valence-corrected chi connectivity index (χ0v) is 13.7. The smallest absolute Gasteiger partial charge is 0.122 e. The van der Waals surface area contributed by atoms with Crippen LogP contribution in [0, 0.1) is 6.92 Å². The molecule has 1 N–H and O–H groups in total. The van der Waals surface area contributed by atoms with E-state index < -0.39 is 0 Å². The van der Waals surface area contributed by atoms with E-state index in [1.165, 1.54) is 11.1 Å². The van der Waals surface area contributed by atoms with Crippen LogP contribution in [0.25, 0.3) is 0 Å². The summed E-state index contributed by atoms with van der Waals surface area (Å²) in [6.45, 7) is 4.27. The van der Waals surface area contributed by atoms with E-state index in [0.717, 1.165) is 22.3 Å². The third kappa shape index (κ3) is 3.76. The van der Waals surface area contributed by atoms with Crippen LogP contribution in [0.5, 0.6) is 5.75 Å². The molecule has 0 saturated heterocycles. The Morgan fingerprint density at radius 3 is 2.65 bits per heavy atom. The number of rotatable bonds is 5. The molecule has 0 fully saturated rings. The van der Waals surface area contributed by atoms with E-state index in [1.54, 1.807) is 7.11 Å². The minimum absolute atomic E-state index is 0.324. The zero-order valence-electron chi connectivity index (χ0n) is 12.1. The molecular weight excluding hydrogens is 314 g/mol. The molecule has 2 aromatic rings. The van der Waals surface area contributed by atoms with Crippen LogP contribution in [0.15, 0.2) is 46.9 Å². The van der Waals surface area contributed by atoms with Gasteiger partial charge in [0.25, 0.3) is 0 Å². The van der Waals surface area contributed by atoms with Crippen LogP contribution in [0.3, 0.4) is 0 Å². The topological polar surface area (TPSA) is 21.3 Å². The van der Waals surface area contributed by atoms with Gasteiger partial charge < -0.3 is 10.1 Å². The molecule has 2 nitrogen and oxygen atoms in total. The number of halogens is 1. The van der Waals surface area contributed by atoms with E-state index in [1.807, 2.05) is 18.2 Å². The number of hydrogen-bond donors (Lipinski definition) is 1. The molecule has 1 unspecified atom stereocenters. The second kappa shape index (κ2) is 6.80. The molecule has 0 aliphatic carbocycles. The van der Waals surface area contributed by atoms with Gasteiger partial charge in [-0.2, -0.15) is 0 Å². The number of ether oxygens (including phenoxy) is 1. The lowest BCUT2D eigenvalue weighted by Gasteiger charge is -2.18. The maximum Gasteiger partial charge on any atom is 0.122 e. The highest BCUT2D eigenvalue weighted by Crippen LogP contribution is 2.25. The molecule has 0 aliphatic rings. The van der Waals surface area contributed by atoms with Crippen molar-refractivity contribution in [3.05, 3.63) is 58.1 Å². The highest BCUT2D eigenvalue weighted by Gasteiger charge is 2.09. The van der Waals surface area contributed by atoms with Crippen molar-refractivity contribution in [2.45, 2.75) is 26.3 Å².